The van der Waals surface area contributed by atoms with Gasteiger partial charge < -0.3 is 4.42 Å². The Kier molecular flexibility index (Phi) is 4.31. The summed E-state index contributed by atoms with van der Waals surface area (Å²) in [7, 11) is -2.96. The van der Waals surface area contributed by atoms with E-state index in [2.05, 4.69) is 0 Å². The van der Waals surface area contributed by atoms with Crippen LogP contribution < -0.4 is 0 Å². The molecule has 0 aliphatic carbocycles. The zero-order valence-corrected chi connectivity index (χ0v) is 12.1. The number of benzene rings is 1. The number of hydrogen-bond donors (Lipinski definition) is 0. The van der Waals surface area contributed by atoms with E-state index in [1.54, 1.807) is 0 Å². The Morgan fingerprint density at radius 3 is 2.79 bits per heavy atom. The standard InChI is InChI=1S/C13H14O4S2/c1-19(15,16)7-6-18-9-12(14)11-8-17-13-5-3-2-4-10(11)13/h2-5,8H,6-7,9H2,1H3. The van der Waals surface area contributed by atoms with Gasteiger partial charge in [-0.1, -0.05) is 18.2 Å². The van der Waals surface area contributed by atoms with Gasteiger partial charge in [-0.05, 0) is 6.07 Å². The van der Waals surface area contributed by atoms with Gasteiger partial charge in [0, 0.05) is 17.4 Å². The maximum atomic E-state index is 12.0. The van der Waals surface area contributed by atoms with Crippen molar-refractivity contribution in [2.24, 2.45) is 0 Å². The Morgan fingerprint density at radius 2 is 2.05 bits per heavy atom. The van der Waals surface area contributed by atoms with E-state index in [1.807, 2.05) is 24.3 Å². The van der Waals surface area contributed by atoms with Crippen molar-refractivity contribution in [1.29, 1.82) is 0 Å². The van der Waals surface area contributed by atoms with Crippen LogP contribution in [0.25, 0.3) is 11.0 Å². The molecule has 0 saturated heterocycles. The van der Waals surface area contributed by atoms with E-state index in [4.69, 9.17) is 4.42 Å². The number of sulfone groups is 1. The van der Waals surface area contributed by atoms with Crippen LogP contribution in [0.1, 0.15) is 10.4 Å². The summed E-state index contributed by atoms with van der Waals surface area (Å²) in [6, 6.07) is 7.35. The van der Waals surface area contributed by atoms with Crippen LogP contribution in [-0.4, -0.2) is 37.7 Å². The zero-order valence-electron chi connectivity index (χ0n) is 10.5. The molecule has 0 unspecified atom stereocenters. The first-order chi connectivity index (χ1) is 8.97. The minimum atomic E-state index is -2.96. The number of ketones is 1. The second-order valence-electron chi connectivity index (χ2n) is 4.25. The van der Waals surface area contributed by atoms with Crippen LogP contribution >= 0.6 is 11.8 Å². The number of fused-ring (bicyclic) bond motifs is 1. The molecule has 0 aliphatic heterocycles. The SMILES string of the molecule is CS(=O)(=O)CCSCC(=O)c1coc2ccccc12. The van der Waals surface area contributed by atoms with E-state index in [9.17, 15) is 13.2 Å². The van der Waals surface area contributed by atoms with Crippen molar-refractivity contribution in [1.82, 2.24) is 0 Å². The monoisotopic (exact) mass is 298 g/mol. The summed E-state index contributed by atoms with van der Waals surface area (Å²) in [4.78, 5) is 12.0. The highest BCUT2D eigenvalue weighted by atomic mass is 32.2. The van der Waals surface area contributed by atoms with Crippen LogP contribution in [0.5, 0.6) is 0 Å². The van der Waals surface area contributed by atoms with Gasteiger partial charge in [0.2, 0.25) is 0 Å². The molecular formula is C13H14O4S2. The summed E-state index contributed by atoms with van der Waals surface area (Å²) in [5.74, 6) is 0.750. The molecule has 0 bridgehead atoms. The van der Waals surface area contributed by atoms with Crippen LogP contribution in [0.15, 0.2) is 34.9 Å². The second-order valence-corrected chi connectivity index (χ2v) is 7.62. The molecule has 1 aromatic carbocycles. The Labute approximate surface area is 116 Å². The fourth-order valence-corrected chi connectivity index (χ4v) is 3.81. The summed E-state index contributed by atoms with van der Waals surface area (Å²) in [6.45, 7) is 0. The van der Waals surface area contributed by atoms with Gasteiger partial charge in [-0.2, -0.15) is 11.8 Å². The number of hydrogen-bond acceptors (Lipinski definition) is 5. The number of para-hydroxylation sites is 1. The van der Waals surface area contributed by atoms with Gasteiger partial charge in [0.15, 0.2) is 5.78 Å². The maximum Gasteiger partial charge on any atom is 0.176 e. The average Bonchev–Trinajstić information content (AvgIpc) is 2.77. The van der Waals surface area contributed by atoms with Crippen LogP contribution in [0.4, 0.5) is 0 Å². The lowest BCUT2D eigenvalue weighted by Gasteiger charge is -1.99. The number of Topliss-reactive ketones (excluding diaryl/α,β-unsaturated/α-hetero) is 1. The predicted molar refractivity (Wildman–Crippen MR) is 77.6 cm³/mol. The van der Waals surface area contributed by atoms with Gasteiger partial charge in [-0.3, -0.25) is 4.79 Å². The van der Waals surface area contributed by atoms with Crippen molar-refractivity contribution in [3.63, 3.8) is 0 Å². The summed E-state index contributed by atoms with van der Waals surface area (Å²) < 4.78 is 27.2. The lowest BCUT2D eigenvalue weighted by molar-refractivity contribution is 0.102. The number of carbonyl (C=O) groups excluding carboxylic acids is 1. The molecule has 0 N–H and O–H groups in total. The third-order valence-corrected chi connectivity index (χ3v) is 4.78. The third-order valence-electron chi connectivity index (χ3n) is 2.61. The van der Waals surface area contributed by atoms with Crippen molar-refractivity contribution in [3.05, 3.63) is 36.1 Å². The summed E-state index contributed by atoms with van der Waals surface area (Å²) in [5.41, 5.74) is 1.24. The Balaban J connectivity index is 1.97. The van der Waals surface area contributed by atoms with Crippen LogP contribution in [0.3, 0.4) is 0 Å². The number of thioether (sulfide) groups is 1. The smallest absolute Gasteiger partial charge is 0.176 e. The molecule has 2 aromatic rings. The molecule has 0 amide bonds. The van der Waals surface area contributed by atoms with Gasteiger partial charge in [-0.25, -0.2) is 8.42 Å². The van der Waals surface area contributed by atoms with Crippen LogP contribution in [-0.2, 0) is 9.84 Å². The highest BCUT2D eigenvalue weighted by molar-refractivity contribution is 8.01. The molecule has 4 nitrogen and oxygen atoms in total. The van der Waals surface area contributed by atoms with Crippen LogP contribution in [0, 0.1) is 0 Å². The molecule has 1 aromatic heterocycles. The number of carbonyl (C=O) groups is 1. The molecule has 1 heterocycles. The van der Waals surface area contributed by atoms with Gasteiger partial charge in [0.25, 0.3) is 0 Å². The molecule has 0 fully saturated rings. The van der Waals surface area contributed by atoms with Crippen molar-refractivity contribution < 1.29 is 17.6 Å². The maximum absolute atomic E-state index is 12.0. The molecule has 6 heteroatoms. The van der Waals surface area contributed by atoms with Gasteiger partial charge >= 0.3 is 0 Å². The third kappa shape index (κ3) is 3.84. The summed E-state index contributed by atoms with van der Waals surface area (Å²) >= 11 is 1.32. The average molecular weight is 298 g/mol. The van der Waals surface area contributed by atoms with E-state index in [-0.39, 0.29) is 17.3 Å². The largest absolute Gasteiger partial charge is 0.464 e. The molecule has 0 radical (unpaired) electrons. The van der Waals surface area contributed by atoms with Crippen LogP contribution in [0.2, 0.25) is 0 Å². The lowest BCUT2D eigenvalue weighted by Crippen LogP contribution is -2.08. The minimum Gasteiger partial charge on any atom is -0.464 e. The number of rotatable bonds is 6. The van der Waals surface area contributed by atoms with E-state index >= 15 is 0 Å². The molecule has 2 rings (SSSR count). The molecule has 0 saturated carbocycles. The van der Waals surface area contributed by atoms with E-state index in [0.717, 1.165) is 5.39 Å². The normalized spacial score (nSPS) is 11.8. The summed E-state index contributed by atoms with van der Waals surface area (Å²) in [5, 5.41) is 0.802. The van der Waals surface area contributed by atoms with Gasteiger partial charge in [0.1, 0.15) is 21.7 Å². The first kappa shape index (κ1) is 14.1. The Bertz CT molecular complexity index is 685. The predicted octanol–water partition coefficient (Wildman–Crippen LogP) is 2.39. The quantitative estimate of drug-likeness (QED) is 0.605. The molecule has 0 aliphatic rings. The van der Waals surface area contributed by atoms with Gasteiger partial charge in [0.05, 0.1) is 17.1 Å². The van der Waals surface area contributed by atoms with E-state index in [0.29, 0.717) is 16.9 Å². The second kappa shape index (κ2) is 5.79. The Hall–Kier alpha value is -1.27. The van der Waals surface area contributed by atoms with Crippen molar-refractivity contribution in [3.8, 4) is 0 Å². The van der Waals surface area contributed by atoms with E-state index < -0.39 is 9.84 Å². The molecule has 102 valence electrons. The zero-order chi connectivity index (χ0) is 13.9. The highest BCUT2D eigenvalue weighted by Gasteiger charge is 2.13. The fraction of sp³-hybridized carbons (Fsp3) is 0.308. The molecule has 0 spiro atoms. The molecule has 19 heavy (non-hydrogen) atoms. The van der Waals surface area contributed by atoms with Crippen molar-refractivity contribution in [2.75, 3.05) is 23.5 Å². The van der Waals surface area contributed by atoms with Crippen molar-refractivity contribution >= 4 is 38.4 Å². The minimum absolute atomic E-state index is 0.0385. The summed E-state index contributed by atoms with van der Waals surface area (Å²) in [6.07, 6.45) is 2.66. The Morgan fingerprint density at radius 1 is 1.32 bits per heavy atom. The molecule has 0 atom stereocenters. The van der Waals surface area contributed by atoms with E-state index in [1.165, 1.54) is 24.3 Å². The van der Waals surface area contributed by atoms with Gasteiger partial charge in [-0.15, -0.1) is 0 Å². The topological polar surface area (TPSA) is 64.3 Å². The first-order valence-electron chi connectivity index (χ1n) is 5.72. The first-order valence-corrected chi connectivity index (χ1v) is 8.94. The van der Waals surface area contributed by atoms with Crippen molar-refractivity contribution in [2.45, 2.75) is 0 Å². The highest BCUT2D eigenvalue weighted by Crippen LogP contribution is 2.22. The molecular weight excluding hydrogens is 284 g/mol. The fourth-order valence-electron chi connectivity index (χ4n) is 1.65. The lowest BCUT2D eigenvalue weighted by atomic mass is 10.1. The number of furan rings is 1.